The smallest absolute Gasteiger partial charge is 0.203 e. The molecular formula is C13H13F2N3OS. The molecule has 106 valence electrons. The normalized spacial score (nSPS) is 11.1. The van der Waals surface area contributed by atoms with Crippen molar-refractivity contribution in [3.05, 3.63) is 39.9 Å². The van der Waals surface area contributed by atoms with Crippen LogP contribution in [0.5, 0.6) is 5.75 Å². The second-order valence-corrected chi connectivity index (χ2v) is 4.94. The maximum absolute atomic E-state index is 13.7. The highest BCUT2D eigenvalue weighted by Crippen LogP contribution is 2.25. The zero-order valence-electron chi connectivity index (χ0n) is 11.2. The van der Waals surface area contributed by atoms with Crippen molar-refractivity contribution < 1.29 is 13.5 Å². The molecule has 0 aliphatic carbocycles. The minimum absolute atomic E-state index is 0.00530. The molecule has 1 heterocycles. The van der Waals surface area contributed by atoms with Crippen molar-refractivity contribution in [3.63, 3.8) is 0 Å². The molecule has 0 aliphatic rings. The van der Waals surface area contributed by atoms with Gasteiger partial charge in [0, 0.05) is 16.5 Å². The third-order valence-corrected chi connectivity index (χ3v) is 3.50. The molecule has 1 aromatic carbocycles. The number of anilines is 1. The summed E-state index contributed by atoms with van der Waals surface area (Å²) in [4.78, 5) is 4.13. The van der Waals surface area contributed by atoms with Crippen LogP contribution in [0, 0.1) is 25.5 Å². The Morgan fingerprint density at radius 1 is 1.35 bits per heavy atom. The van der Waals surface area contributed by atoms with Crippen molar-refractivity contribution >= 4 is 22.7 Å². The molecule has 2 rings (SSSR count). The summed E-state index contributed by atoms with van der Waals surface area (Å²) in [7, 11) is 1.40. The first kappa shape index (κ1) is 14.4. The van der Waals surface area contributed by atoms with E-state index >= 15 is 0 Å². The van der Waals surface area contributed by atoms with E-state index in [1.54, 1.807) is 0 Å². The average molecular weight is 297 g/mol. The van der Waals surface area contributed by atoms with Crippen molar-refractivity contribution in [2.24, 2.45) is 5.10 Å². The van der Waals surface area contributed by atoms with Crippen LogP contribution in [-0.4, -0.2) is 18.3 Å². The van der Waals surface area contributed by atoms with Crippen LogP contribution in [0.25, 0.3) is 0 Å². The minimum Gasteiger partial charge on any atom is -0.496 e. The maximum Gasteiger partial charge on any atom is 0.203 e. The molecule has 0 unspecified atom stereocenters. The fraction of sp³-hybridized carbons (Fsp3) is 0.231. The highest BCUT2D eigenvalue weighted by Gasteiger charge is 2.14. The number of ether oxygens (including phenoxy) is 1. The third kappa shape index (κ3) is 2.93. The lowest BCUT2D eigenvalue weighted by Gasteiger charge is -2.08. The number of hydrogen-bond donors (Lipinski definition) is 1. The van der Waals surface area contributed by atoms with Crippen LogP contribution in [-0.2, 0) is 0 Å². The number of aryl methyl sites for hydroxylation is 1. The van der Waals surface area contributed by atoms with Gasteiger partial charge < -0.3 is 4.74 Å². The number of aromatic nitrogens is 1. The van der Waals surface area contributed by atoms with E-state index in [0.717, 1.165) is 5.69 Å². The van der Waals surface area contributed by atoms with E-state index in [9.17, 15) is 8.78 Å². The standard InChI is InChI=1S/C13H13F2N3OS/c1-7-6-20-13(17-7)18-16-5-9-4-10(19-3)8(2)11(14)12(9)15/h4-6H,1-3H3,(H,17,18). The summed E-state index contributed by atoms with van der Waals surface area (Å²) < 4.78 is 32.4. The Labute approximate surface area is 119 Å². The van der Waals surface area contributed by atoms with Crippen molar-refractivity contribution in [2.45, 2.75) is 13.8 Å². The van der Waals surface area contributed by atoms with Gasteiger partial charge in [-0.25, -0.2) is 13.8 Å². The van der Waals surface area contributed by atoms with Gasteiger partial charge in [0.1, 0.15) is 5.75 Å². The number of nitrogens with one attached hydrogen (secondary N) is 1. The Bertz CT molecular complexity index is 655. The first-order valence-corrected chi connectivity index (χ1v) is 6.64. The summed E-state index contributed by atoms with van der Waals surface area (Å²) in [6, 6.07) is 1.39. The molecule has 0 aliphatic heterocycles. The van der Waals surface area contributed by atoms with Gasteiger partial charge in [0.25, 0.3) is 0 Å². The van der Waals surface area contributed by atoms with E-state index < -0.39 is 11.6 Å². The highest BCUT2D eigenvalue weighted by molar-refractivity contribution is 7.13. The van der Waals surface area contributed by atoms with E-state index in [-0.39, 0.29) is 16.9 Å². The molecule has 0 amide bonds. The summed E-state index contributed by atoms with van der Waals surface area (Å²) in [6.45, 7) is 3.31. The summed E-state index contributed by atoms with van der Waals surface area (Å²) >= 11 is 1.37. The Hall–Kier alpha value is -2.02. The van der Waals surface area contributed by atoms with E-state index in [1.165, 1.54) is 37.7 Å². The fourth-order valence-electron chi connectivity index (χ4n) is 1.58. The van der Waals surface area contributed by atoms with E-state index in [4.69, 9.17) is 4.74 Å². The van der Waals surface area contributed by atoms with Crippen LogP contribution in [0.15, 0.2) is 16.5 Å². The Morgan fingerprint density at radius 2 is 2.10 bits per heavy atom. The van der Waals surface area contributed by atoms with Gasteiger partial charge in [0.15, 0.2) is 11.6 Å². The van der Waals surface area contributed by atoms with Crippen LogP contribution >= 0.6 is 11.3 Å². The first-order chi connectivity index (χ1) is 9.52. The second kappa shape index (κ2) is 5.96. The largest absolute Gasteiger partial charge is 0.496 e. The Kier molecular flexibility index (Phi) is 4.29. The van der Waals surface area contributed by atoms with Gasteiger partial charge >= 0.3 is 0 Å². The number of halogens is 2. The quantitative estimate of drug-likeness (QED) is 0.694. The number of nitrogens with zero attached hydrogens (tertiary/aromatic N) is 2. The molecule has 0 saturated heterocycles. The van der Waals surface area contributed by atoms with Gasteiger partial charge in [0.05, 0.1) is 19.0 Å². The molecule has 0 atom stereocenters. The van der Waals surface area contributed by atoms with Crippen LogP contribution in [0.3, 0.4) is 0 Å². The van der Waals surface area contributed by atoms with Crippen LogP contribution in [0.1, 0.15) is 16.8 Å². The molecule has 2 aromatic rings. The van der Waals surface area contributed by atoms with E-state index in [0.29, 0.717) is 5.13 Å². The Balaban J connectivity index is 2.22. The second-order valence-electron chi connectivity index (χ2n) is 4.09. The monoisotopic (exact) mass is 297 g/mol. The summed E-state index contributed by atoms with van der Waals surface area (Å²) in [5, 5.41) is 6.28. The first-order valence-electron chi connectivity index (χ1n) is 5.76. The summed E-state index contributed by atoms with van der Waals surface area (Å²) in [6.07, 6.45) is 1.19. The maximum atomic E-state index is 13.7. The summed E-state index contributed by atoms with van der Waals surface area (Å²) in [5.74, 6) is -1.62. The van der Waals surface area contributed by atoms with Crippen LogP contribution in [0.4, 0.5) is 13.9 Å². The van der Waals surface area contributed by atoms with Gasteiger partial charge in [0.2, 0.25) is 5.13 Å². The van der Waals surface area contributed by atoms with Crippen molar-refractivity contribution in [1.29, 1.82) is 0 Å². The lowest BCUT2D eigenvalue weighted by molar-refractivity contribution is 0.401. The third-order valence-electron chi connectivity index (χ3n) is 2.63. The predicted molar refractivity (Wildman–Crippen MR) is 75.7 cm³/mol. The molecule has 0 radical (unpaired) electrons. The number of thiazole rings is 1. The zero-order valence-corrected chi connectivity index (χ0v) is 12.0. The lowest BCUT2D eigenvalue weighted by Crippen LogP contribution is -2.01. The molecule has 0 spiro atoms. The SMILES string of the molecule is COc1cc(C=NNc2nc(C)cs2)c(F)c(F)c1C. The van der Waals surface area contributed by atoms with Gasteiger partial charge in [-0.3, -0.25) is 5.43 Å². The molecule has 20 heavy (non-hydrogen) atoms. The molecule has 0 bridgehead atoms. The minimum atomic E-state index is -0.954. The molecule has 1 N–H and O–H groups in total. The number of rotatable bonds is 4. The van der Waals surface area contributed by atoms with Crippen molar-refractivity contribution in [3.8, 4) is 5.75 Å². The molecule has 7 heteroatoms. The fourth-order valence-corrected chi connectivity index (χ4v) is 2.22. The van der Waals surface area contributed by atoms with Crippen molar-refractivity contribution in [1.82, 2.24) is 4.98 Å². The van der Waals surface area contributed by atoms with Crippen LogP contribution < -0.4 is 10.2 Å². The summed E-state index contributed by atoms with van der Waals surface area (Å²) in [5.41, 5.74) is 3.66. The van der Waals surface area contributed by atoms with Gasteiger partial charge in [-0.1, -0.05) is 0 Å². The van der Waals surface area contributed by atoms with Crippen LogP contribution in [0.2, 0.25) is 0 Å². The number of hydrogen-bond acceptors (Lipinski definition) is 5. The average Bonchev–Trinajstić information content (AvgIpc) is 2.84. The number of hydrazone groups is 1. The molecule has 0 saturated carbocycles. The van der Waals surface area contributed by atoms with Gasteiger partial charge in [-0.15, -0.1) is 11.3 Å². The highest BCUT2D eigenvalue weighted by atomic mass is 32.1. The molecular weight excluding hydrogens is 284 g/mol. The van der Waals surface area contributed by atoms with E-state index in [2.05, 4.69) is 15.5 Å². The van der Waals surface area contributed by atoms with Crippen molar-refractivity contribution in [2.75, 3.05) is 12.5 Å². The number of methoxy groups -OCH3 is 1. The van der Waals surface area contributed by atoms with E-state index in [1.807, 2.05) is 12.3 Å². The molecule has 4 nitrogen and oxygen atoms in total. The Morgan fingerprint density at radius 3 is 2.70 bits per heavy atom. The topological polar surface area (TPSA) is 46.5 Å². The zero-order chi connectivity index (χ0) is 14.7. The lowest BCUT2D eigenvalue weighted by atomic mass is 10.1. The van der Waals surface area contributed by atoms with Gasteiger partial charge in [-0.05, 0) is 19.9 Å². The molecule has 0 fully saturated rings. The molecule has 1 aromatic heterocycles. The van der Waals surface area contributed by atoms with Gasteiger partial charge in [-0.2, -0.15) is 5.10 Å². The predicted octanol–water partition coefficient (Wildman–Crippen LogP) is 3.49. The number of benzene rings is 1.